The van der Waals surface area contributed by atoms with E-state index in [1.165, 1.54) is 6.42 Å². The summed E-state index contributed by atoms with van der Waals surface area (Å²) in [6, 6.07) is 0. The standard InChI is InChI=1S/C13H20N2O3/c16-10-5-2-1-4-9(10)8-12-14-13(15-18-12)11-6-3-7-17-11/h9-11,16H,1-8H2. The van der Waals surface area contributed by atoms with Crippen LogP contribution < -0.4 is 0 Å². The van der Waals surface area contributed by atoms with E-state index in [1.807, 2.05) is 0 Å². The minimum Gasteiger partial charge on any atom is -0.393 e. The van der Waals surface area contributed by atoms with Gasteiger partial charge in [0.05, 0.1) is 6.10 Å². The largest absolute Gasteiger partial charge is 0.393 e. The van der Waals surface area contributed by atoms with Gasteiger partial charge in [0.2, 0.25) is 11.7 Å². The quantitative estimate of drug-likeness (QED) is 0.891. The van der Waals surface area contributed by atoms with Crippen molar-refractivity contribution in [2.24, 2.45) is 5.92 Å². The number of ether oxygens (including phenoxy) is 1. The van der Waals surface area contributed by atoms with Crippen LogP contribution >= 0.6 is 0 Å². The first kappa shape index (κ1) is 12.1. The lowest BCUT2D eigenvalue weighted by molar-refractivity contribution is 0.0656. The molecule has 1 saturated carbocycles. The van der Waals surface area contributed by atoms with Gasteiger partial charge < -0.3 is 14.4 Å². The van der Waals surface area contributed by atoms with Crippen LogP contribution in [0.4, 0.5) is 0 Å². The molecule has 0 bridgehead atoms. The highest BCUT2D eigenvalue weighted by Crippen LogP contribution is 2.29. The molecule has 0 aromatic carbocycles. The molecule has 1 aromatic heterocycles. The van der Waals surface area contributed by atoms with Crippen molar-refractivity contribution < 1.29 is 14.4 Å². The first-order valence-corrected chi connectivity index (χ1v) is 6.95. The molecule has 18 heavy (non-hydrogen) atoms. The molecule has 1 aliphatic carbocycles. The molecule has 0 radical (unpaired) electrons. The van der Waals surface area contributed by atoms with Gasteiger partial charge >= 0.3 is 0 Å². The maximum Gasteiger partial charge on any atom is 0.227 e. The van der Waals surface area contributed by atoms with Gasteiger partial charge in [-0.15, -0.1) is 0 Å². The molecule has 3 atom stereocenters. The second kappa shape index (κ2) is 5.36. The van der Waals surface area contributed by atoms with Gasteiger partial charge in [0.25, 0.3) is 0 Å². The zero-order valence-electron chi connectivity index (χ0n) is 10.5. The summed E-state index contributed by atoms with van der Waals surface area (Å²) in [7, 11) is 0. The Kier molecular flexibility index (Phi) is 3.61. The van der Waals surface area contributed by atoms with E-state index in [0.717, 1.165) is 38.7 Å². The van der Waals surface area contributed by atoms with Crippen molar-refractivity contribution in [3.05, 3.63) is 11.7 Å². The fourth-order valence-corrected chi connectivity index (χ4v) is 2.91. The van der Waals surface area contributed by atoms with Crippen molar-refractivity contribution in [1.82, 2.24) is 10.1 Å². The molecule has 3 unspecified atom stereocenters. The number of aromatic nitrogens is 2. The highest BCUT2D eigenvalue weighted by Gasteiger charge is 2.27. The number of rotatable bonds is 3. The lowest BCUT2D eigenvalue weighted by Gasteiger charge is -2.26. The maximum atomic E-state index is 9.93. The lowest BCUT2D eigenvalue weighted by atomic mass is 9.84. The molecule has 1 aliphatic heterocycles. The zero-order valence-corrected chi connectivity index (χ0v) is 10.5. The van der Waals surface area contributed by atoms with E-state index in [1.54, 1.807) is 0 Å². The van der Waals surface area contributed by atoms with Gasteiger partial charge in [0, 0.05) is 13.0 Å². The van der Waals surface area contributed by atoms with Crippen LogP contribution in [0.3, 0.4) is 0 Å². The Morgan fingerprint density at radius 1 is 1.17 bits per heavy atom. The normalized spacial score (nSPS) is 32.8. The first-order valence-electron chi connectivity index (χ1n) is 6.95. The summed E-state index contributed by atoms with van der Waals surface area (Å²) in [4.78, 5) is 4.41. The second-order valence-corrected chi connectivity index (χ2v) is 5.36. The average molecular weight is 252 g/mol. The van der Waals surface area contributed by atoms with Gasteiger partial charge in [0.1, 0.15) is 6.10 Å². The smallest absolute Gasteiger partial charge is 0.227 e. The maximum absolute atomic E-state index is 9.93. The van der Waals surface area contributed by atoms with Crippen molar-refractivity contribution in [2.75, 3.05) is 6.61 Å². The summed E-state index contributed by atoms with van der Waals surface area (Å²) in [5.74, 6) is 1.59. The van der Waals surface area contributed by atoms with Crippen molar-refractivity contribution in [1.29, 1.82) is 0 Å². The minimum absolute atomic E-state index is 0.0128. The van der Waals surface area contributed by atoms with Crippen LogP contribution in [-0.2, 0) is 11.2 Å². The molecular formula is C13H20N2O3. The van der Waals surface area contributed by atoms with E-state index >= 15 is 0 Å². The molecule has 5 heteroatoms. The Hall–Kier alpha value is -0.940. The molecule has 0 spiro atoms. The van der Waals surface area contributed by atoms with Gasteiger partial charge in [-0.2, -0.15) is 4.98 Å². The monoisotopic (exact) mass is 252 g/mol. The number of aliphatic hydroxyl groups excluding tert-OH is 1. The average Bonchev–Trinajstić information content (AvgIpc) is 3.02. The van der Waals surface area contributed by atoms with Crippen molar-refractivity contribution in [2.45, 2.75) is 57.2 Å². The topological polar surface area (TPSA) is 68.4 Å². The fraction of sp³-hybridized carbons (Fsp3) is 0.846. The first-order chi connectivity index (χ1) is 8.83. The van der Waals surface area contributed by atoms with Crippen molar-refractivity contribution >= 4 is 0 Å². The third kappa shape index (κ3) is 2.57. The van der Waals surface area contributed by atoms with Crippen molar-refractivity contribution in [3.63, 3.8) is 0 Å². The molecule has 2 aliphatic rings. The van der Waals surface area contributed by atoms with Crippen LogP contribution in [-0.4, -0.2) is 28.0 Å². The highest BCUT2D eigenvalue weighted by molar-refractivity contribution is 4.95. The van der Waals surface area contributed by atoms with Crippen LogP contribution in [0, 0.1) is 5.92 Å². The van der Waals surface area contributed by atoms with Gasteiger partial charge in [-0.3, -0.25) is 0 Å². The number of hydrogen-bond acceptors (Lipinski definition) is 5. The number of nitrogens with zero attached hydrogens (tertiary/aromatic N) is 2. The number of aliphatic hydroxyl groups is 1. The molecule has 1 N–H and O–H groups in total. The van der Waals surface area contributed by atoms with E-state index in [4.69, 9.17) is 9.26 Å². The third-order valence-electron chi connectivity index (χ3n) is 4.01. The Morgan fingerprint density at radius 2 is 2.06 bits per heavy atom. The second-order valence-electron chi connectivity index (χ2n) is 5.36. The summed E-state index contributed by atoms with van der Waals surface area (Å²) in [6.07, 6.45) is 6.81. The van der Waals surface area contributed by atoms with Crippen LogP contribution in [0.5, 0.6) is 0 Å². The van der Waals surface area contributed by atoms with Gasteiger partial charge in [-0.05, 0) is 31.6 Å². The molecular weight excluding hydrogens is 232 g/mol. The third-order valence-corrected chi connectivity index (χ3v) is 4.01. The highest BCUT2D eigenvalue weighted by atomic mass is 16.5. The Balaban J connectivity index is 1.62. The molecule has 2 heterocycles. The molecule has 2 fully saturated rings. The lowest BCUT2D eigenvalue weighted by Crippen LogP contribution is -2.26. The van der Waals surface area contributed by atoms with Gasteiger partial charge in [-0.1, -0.05) is 18.0 Å². The van der Waals surface area contributed by atoms with Gasteiger partial charge in [0.15, 0.2) is 0 Å². The summed E-state index contributed by atoms with van der Waals surface area (Å²) < 4.78 is 10.8. The van der Waals surface area contributed by atoms with Crippen LogP contribution in [0.25, 0.3) is 0 Å². The Labute approximate surface area is 107 Å². The SMILES string of the molecule is OC1CCCCC1Cc1nc(C2CCCO2)no1. The van der Waals surface area contributed by atoms with Crippen LogP contribution in [0.2, 0.25) is 0 Å². The summed E-state index contributed by atoms with van der Waals surface area (Å²) >= 11 is 0. The Bertz CT molecular complexity index is 387. The summed E-state index contributed by atoms with van der Waals surface area (Å²) in [5.41, 5.74) is 0. The van der Waals surface area contributed by atoms with E-state index in [9.17, 15) is 5.11 Å². The molecule has 5 nitrogen and oxygen atoms in total. The molecule has 100 valence electrons. The molecule has 0 amide bonds. The zero-order chi connectivity index (χ0) is 12.4. The molecule has 1 saturated heterocycles. The minimum atomic E-state index is -0.211. The summed E-state index contributed by atoms with van der Waals surface area (Å²) in [5, 5.41) is 13.9. The summed E-state index contributed by atoms with van der Waals surface area (Å²) in [6.45, 7) is 0.788. The van der Waals surface area contributed by atoms with Crippen LogP contribution in [0.15, 0.2) is 4.52 Å². The van der Waals surface area contributed by atoms with Crippen molar-refractivity contribution in [3.8, 4) is 0 Å². The van der Waals surface area contributed by atoms with E-state index in [2.05, 4.69) is 10.1 Å². The predicted octanol–water partition coefficient (Wildman–Crippen LogP) is 2.01. The molecule has 1 aromatic rings. The molecule has 3 rings (SSSR count). The number of hydrogen-bond donors (Lipinski definition) is 1. The van der Waals surface area contributed by atoms with E-state index < -0.39 is 0 Å². The Morgan fingerprint density at radius 3 is 2.83 bits per heavy atom. The van der Waals surface area contributed by atoms with E-state index in [0.29, 0.717) is 18.1 Å². The predicted molar refractivity (Wildman–Crippen MR) is 63.9 cm³/mol. The fourth-order valence-electron chi connectivity index (χ4n) is 2.91. The van der Waals surface area contributed by atoms with Gasteiger partial charge in [-0.25, -0.2) is 0 Å². The van der Waals surface area contributed by atoms with Crippen LogP contribution in [0.1, 0.15) is 56.3 Å². The van der Waals surface area contributed by atoms with E-state index in [-0.39, 0.29) is 18.1 Å².